The van der Waals surface area contributed by atoms with Gasteiger partial charge in [-0.1, -0.05) is 43.4 Å². The van der Waals surface area contributed by atoms with E-state index in [9.17, 15) is 9.59 Å². The molecule has 3 aromatic rings. The fourth-order valence-corrected chi connectivity index (χ4v) is 4.62. The Kier molecular flexibility index (Phi) is 4.87. The summed E-state index contributed by atoms with van der Waals surface area (Å²) < 4.78 is 14.3. The molecule has 0 aliphatic carbocycles. The summed E-state index contributed by atoms with van der Waals surface area (Å²) >= 11 is 1.01. The predicted octanol–water partition coefficient (Wildman–Crippen LogP) is 2.99. The largest absolute Gasteiger partial charge is 0.451 e. The van der Waals surface area contributed by atoms with Crippen molar-refractivity contribution in [3.05, 3.63) is 51.8 Å². The third kappa shape index (κ3) is 3.20. The van der Waals surface area contributed by atoms with Crippen LogP contribution in [0.25, 0.3) is 10.3 Å². The molecule has 0 unspecified atom stereocenters. The van der Waals surface area contributed by atoms with Gasteiger partial charge in [0.15, 0.2) is 17.5 Å². The molecule has 8 nitrogen and oxygen atoms in total. The number of hydrogen-bond acceptors (Lipinski definition) is 8. The summed E-state index contributed by atoms with van der Waals surface area (Å²) in [7, 11) is 0. The molecule has 1 aliphatic rings. The van der Waals surface area contributed by atoms with E-state index in [-0.39, 0.29) is 22.8 Å². The lowest BCUT2D eigenvalue weighted by Crippen LogP contribution is -2.44. The van der Waals surface area contributed by atoms with E-state index in [1.54, 1.807) is 31.2 Å². The van der Waals surface area contributed by atoms with Gasteiger partial charge in [0.05, 0.1) is 22.6 Å². The van der Waals surface area contributed by atoms with E-state index >= 15 is 0 Å². The van der Waals surface area contributed by atoms with Gasteiger partial charge >= 0.3 is 10.8 Å². The molecule has 4 atom stereocenters. The van der Waals surface area contributed by atoms with Crippen LogP contribution in [-0.2, 0) is 9.47 Å². The summed E-state index contributed by atoms with van der Waals surface area (Å²) in [4.78, 5) is 33.6. The van der Waals surface area contributed by atoms with Crippen molar-refractivity contribution in [1.82, 2.24) is 14.5 Å². The molecule has 0 bridgehead atoms. The molecule has 1 aliphatic heterocycles. The van der Waals surface area contributed by atoms with Crippen molar-refractivity contribution in [3.8, 4) is 0 Å². The third-order valence-electron chi connectivity index (χ3n) is 5.59. The second kappa shape index (κ2) is 7.23. The Hall–Kier alpha value is -2.78. The Morgan fingerprint density at radius 1 is 1.38 bits per heavy atom. The molecule has 1 saturated heterocycles. The van der Waals surface area contributed by atoms with Gasteiger partial charge in [-0.25, -0.2) is 9.78 Å². The van der Waals surface area contributed by atoms with Crippen LogP contribution in [0.4, 0.5) is 5.95 Å². The van der Waals surface area contributed by atoms with E-state index in [1.165, 1.54) is 10.8 Å². The number of nitrogens with two attached hydrogens (primary N) is 1. The van der Waals surface area contributed by atoms with E-state index in [1.807, 2.05) is 19.9 Å². The minimum Gasteiger partial charge on any atom is -0.451 e. The second-order valence-corrected chi connectivity index (χ2v) is 8.31. The topological polar surface area (TPSA) is 109 Å². The van der Waals surface area contributed by atoms with Crippen LogP contribution in [0, 0.1) is 5.92 Å². The van der Waals surface area contributed by atoms with E-state index in [2.05, 4.69) is 9.97 Å². The van der Waals surface area contributed by atoms with Gasteiger partial charge in [0, 0.05) is 5.92 Å². The van der Waals surface area contributed by atoms with E-state index in [0.717, 1.165) is 11.3 Å². The van der Waals surface area contributed by atoms with Crippen molar-refractivity contribution in [2.45, 2.75) is 45.1 Å². The molecule has 9 heteroatoms. The molecule has 1 aromatic carbocycles. The molecular weight excluding hydrogens is 392 g/mol. The highest BCUT2D eigenvalue weighted by Gasteiger charge is 2.55. The van der Waals surface area contributed by atoms with E-state index in [4.69, 9.17) is 15.2 Å². The van der Waals surface area contributed by atoms with Gasteiger partial charge < -0.3 is 15.2 Å². The van der Waals surface area contributed by atoms with Crippen molar-refractivity contribution in [1.29, 1.82) is 0 Å². The van der Waals surface area contributed by atoms with Crippen LogP contribution in [0.15, 0.2) is 41.3 Å². The first kappa shape index (κ1) is 19.5. The summed E-state index contributed by atoms with van der Waals surface area (Å²) in [6.45, 7) is 5.77. The third-order valence-corrected chi connectivity index (χ3v) is 6.47. The average molecular weight is 414 g/mol. The lowest BCUT2D eigenvalue weighted by molar-refractivity contribution is -0.0954. The minimum absolute atomic E-state index is 0.0603. The fourth-order valence-electron chi connectivity index (χ4n) is 3.81. The number of anilines is 1. The molecule has 0 spiro atoms. The average Bonchev–Trinajstić information content (AvgIpc) is 3.15. The predicted molar refractivity (Wildman–Crippen MR) is 110 cm³/mol. The van der Waals surface area contributed by atoms with Gasteiger partial charge in [0.1, 0.15) is 0 Å². The van der Waals surface area contributed by atoms with Crippen LogP contribution in [0.3, 0.4) is 0 Å². The number of nitrogens with zero attached hydrogens (tertiary/aromatic N) is 3. The quantitative estimate of drug-likeness (QED) is 0.654. The smallest absolute Gasteiger partial charge is 0.338 e. The lowest BCUT2D eigenvalue weighted by atomic mass is 9.86. The summed E-state index contributed by atoms with van der Waals surface area (Å²) in [6.07, 6.45) is 1.22. The van der Waals surface area contributed by atoms with Crippen molar-refractivity contribution >= 4 is 33.6 Å². The molecule has 2 aromatic heterocycles. The molecule has 152 valence electrons. The Labute approximate surface area is 171 Å². The first-order valence-electron chi connectivity index (χ1n) is 9.42. The number of nitrogen functional groups attached to an aromatic ring is 1. The first-order valence-corrected chi connectivity index (χ1v) is 10.2. The molecule has 0 radical (unpaired) electrons. The highest BCUT2D eigenvalue weighted by molar-refractivity contribution is 7.16. The fraction of sp³-hybridized carbons (Fsp3) is 0.400. The molecule has 2 N–H and O–H groups in total. The number of rotatable bonds is 4. The van der Waals surface area contributed by atoms with Gasteiger partial charge in [0.2, 0.25) is 5.95 Å². The van der Waals surface area contributed by atoms with Gasteiger partial charge in [-0.05, 0) is 25.5 Å². The van der Waals surface area contributed by atoms with Crippen molar-refractivity contribution < 1.29 is 14.3 Å². The number of fused-ring (bicyclic) bond motifs is 1. The number of hydrogen-bond donors (Lipinski definition) is 1. The summed E-state index contributed by atoms with van der Waals surface area (Å²) in [6, 6.07) is 8.76. The Morgan fingerprint density at radius 3 is 2.79 bits per heavy atom. The zero-order valence-corrected chi connectivity index (χ0v) is 17.2. The molecule has 29 heavy (non-hydrogen) atoms. The Balaban J connectivity index is 1.81. The van der Waals surface area contributed by atoms with Crippen LogP contribution < -0.4 is 10.6 Å². The maximum atomic E-state index is 12.9. The standard InChI is InChI=1S/C20H22N4O4S/c1-4-13-11(2)20(3,28-16(25)12-8-6-5-7-9-12)17(27-13)24-15-14(29-19(24)26)10-22-18(21)23-15/h5-11,13,17H,4H2,1-3H3,(H2,21,22,23)/t11-,13-,17-,20-/m1/s1. The van der Waals surface area contributed by atoms with Crippen LogP contribution in [0.2, 0.25) is 0 Å². The monoisotopic (exact) mass is 414 g/mol. The van der Waals surface area contributed by atoms with Crippen LogP contribution in [0.5, 0.6) is 0 Å². The van der Waals surface area contributed by atoms with Crippen LogP contribution >= 0.6 is 11.3 Å². The molecular formula is C20H22N4O4S. The first-order chi connectivity index (χ1) is 13.8. The van der Waals surface area contributed by atoms with Crippen molar-refractivity contribution in [2.75, 3.05) is 5.73 Å². The molecule has 0 amide bonds. The van der Waals surface area contributed by atoms with Crippen molar-refractivity contribution in [3.63, 3.8) is 0 Å². The number of thiazole rings is 1. The molecule has 1 fully saturated rings. The molecule has 0 saturated carbocycles. The highest BCUT2D eigenvalue weighted by atomic mass is 32.1. The summed E-state index contributed by atoms with van der Waals surface area (Å²) in [5, 5.41) is 0. The van der Waals surface area contributed by atoms with E-state index in [0.29, 0.717) is 22.3 Å². The Bertz CT molecular complexity index is 1110. The SMILES string of the molecule is CC[C@H]1O[C@@H](n2c(=O)sc3cnc(N)nc32)[C@](C)(OC(=O)c2ccccc2)[C@@H]1C. The number of esters is 1. The summed E-state index contributed by atoms with van der Waals surface area (Å²) in [5.74, 6) is -0.552. The number of carbonyl (C=O) groups is 1. The summed E-state index contributed by atoms with van der Waals surface area (Å²) in [5.41, 5.74) is 5.49. The van der Waals surface area contributed by atoms with Gasteiger partial charge in [-0.2, -0.15) is 4.98 Å². The van der Waals surface area contributed by atoms with E-state index < -0.39 is 17.8 Å². The zero-order valence-electron chi connectivity index (χ0n) is 16.4. The van der Waals surface area contributed by atoms with Gasteiger partial charge in [-0.15, -0.1) is 0 Å². The van der Waals surface area contributed by atoms with Crippen molar-refractivity contribution in [2.24, 2.45) is 5.92 Å². The lowest BCUT2D eigenvalue weighted by Gasteiger charge is -2.33. The highest BCUT2D eigenvalue weighted by Crippen LogP contribution is 2.47. The molecule has 4 rings (SSSR count). The number of benzene rings is 1. The van der Waals surface area contributed by atoms with Gasteiger partial charge in [-0.3, -0.25) is 9.36 Å². The second-order valence-electron chi connectivity index (χ2n) is 7.32. The minimum atomic E-state index is -1.08. The Morgan fingerprint density at radius 2 is 2.10 bits per heavy atom. The zero-order chi connectivity index (χ0) is 20.8. The normalized spacial score (nSPS) is 26.7. The number of aromatic nitrogens is 3. The van der Waals surface area contributed by atoms with Crippen LogP contribution in [0.1, 0.15) is 43.8 Å². The number of ether oxygens (including phenoxy) is 2. The number of carbonyl (C=O) groups excluding carboxylic acids is 1. The molecule has 3 heterocycles. The van der Waals surface area contributed by atoms with Gasteiger partial charge in [0.25, 0.3) is 0 Å². The van der Waals surface area contributed by atoms with Crippen LogP contribution in [-0.4, -0.2) is 32.2 Å². The maximum Gasteiger partial charge on any atom is 0.338 e. The maximum absolute atomic E-state index is 12.9.